The molecule has 4 rings (SSSR count). The second kappa shape index (κ2) is 7.88. The molecule has 2 aromatic carbocycles. The zero-order valence-electron chi connectivity index (χ0n) is 15.2. The summed E-state index contributed by atoms with van der Waals surface area (Å²) >= 11 is 0. The predicted octanol–water partition coefficient (Wildman–Crippen LogP) is 3.93. The summed E-state index contributed by atoms with van der Waals surface area (Å²) < 4.78 is 5.56. The molecule has 1 saturated heterocycles. The minimum atomic E-state index is -0.725. The summed E-state index contributed by atoms with van der Waals surface area (Å²) in [4.78, 5) is 17.6. The lowest BCUT2D eigenvalue weighted by atomic mass is 9.96. The van der Waals surface area contributed by atoms with Crippen molar-refractivity contribution in [3.63, 3.8) is 0 Å². The first-order chi connectivity index (χ1) is 13.2. The van der Waals surface area contributed by atoms with Gasteiger partial charge in [-0.2, -0.15) is 4.98 Å². The molecule has 0 radical (unpaired) electrons. The molecule has 0 aliphatic carbocycles. The molecule has 1 aromatic heterocycles. The van der Waals surface area contributed by atoms with Crippen LogP contribution in [0.3, 0.4) is 0 Å². The van der Waals surface area contributed by atoms with Crippen LogP contribution in [-0.4, -0.2) is 45.8 Å². The Labute approximate surface area is 157 Å². The van der Waals surface area contributed by atoms with Crippen molar-refractivity contribution in [1.29, 1.82) is 0 Å². The largest absolute Gasteiger partial charge is 0.481 e. The molecule has 0 spiro atoms. The van der Waals surface area contributed by atoms with E-state index in [1.807, 2.05) is 18.2 Å². The molecule has 1 aliphatic rings. The summed E-state index contributed by atoms with van der Waals surface area (Å²) in [6, 6.07) is 14.4. The Kier molecular flexibility index (Phi) is 5.16. The monoisotopic (exact) mass is 365 g/mol. The number of aromatic nitrogens is 2. The molecule has 1 N–H and O–H groups in total. The average molecular weight is 365 g/mol. The van der Waals surface area contributed by atoms with E-state index >= 15 is 0 Å². The number of likely N-dealkylation sites (tertiary alicyclic amines) is 1. The molecule has 6 nitrogen and oxygen atoms in total. The van der Waals surface area contributed by atoms with Gasteiger partial charge in [-0.3, -0.25) is 4.79 Å². The maximum absolute atomic E-state index is 10.6. The predicted molar refractivity (Wildman–Crippen MR) is 103 cm³/mol. The molecule has 1 aliphatic heterocycles. The van der Waals surface area contributed by atoms with Gasteiger partial charge in [0.05, 0.1) is 0 Å². The van der Waals surface area contributed by atoms with Crippen molar-refractivity contribution in [3.8, 4) is 11.4 Å². The van der Waals surface area contributed by atoms with E-state index in [-0.39, 0.29) is 12.3 Å². The first-order valence-corrected chi connectivity index (χ1v) is 9.46. The van der Waals surface area contributed by atoms with E-state index in [1.165, 1.54) is 5.39 Å². The number of nitrogens with zero attached hydrogens (tertiary/aromatic N) is 3. The van der Waals surface area contributed by atoms with E-state index in [9.17, 15) is 4.79 Å². The van der Waals surface area contributed by atoms with Crippen LogP contribution in [0.5, 0.6) is 0 Å². The Balaban J connectivity index is 1.39. The highest BCUT2D eigenvalue weighted by atomic mass is 16.5. The van der Waals surface area contributed by atoms with Crippen LogP contribution in [0.1, 0.15) is 37.5 Å². The van der Waals surface area contributed by atoms with E-state index < -0.39 is 5.97 Å². The Bertz CT molecular complexity index is 929. The molecule has 0 bridgehead atoms. The van der Waals surface area contributed by atoms with Crippen LogP contribution in [0, 0.1) is 0 Å². The normalized spacial score (nSPS) is 16.0. The highest BCUT2D eigenvalue weighted by Crippen LogP contribution is 2.29. The summed E-state index contributed by atoms with van der Waals surface area (Å²) in [6.45, 7) is 2.72. The van der Waals surface area contributed by atoms with Crippen molar-refractivity contribution < 1.29 is 14.4 Å². The molecular formula is C21H23N3O3. The fourth-order valence-corrected chi connectivity index (χ4v) is 3.70. The van der Waals surface area contributed by atoms with Crippen LogP contribution in [0.2, 0.25) is 0 Å². The molecule has 0 saturated carbocycles. The van der Waals surface area contributed by atoms with Crippen LogP contribution in [-0.2, 0) is 4.79 Å². The number of carboxylic acids is 1. The van der Waals surface area contributed by atoms with Crippen LogP contribution >= 0.6 is 0 Å². The van der Waals surface area contributed by atoms with E-state index in [1.54, 1.807) is 0 Å². The Hall–Kier alpha value is -2.73. The van der Waals surface area contributed by atoms with Gasteiger partial charge in [-0.15, -0.1) is 0 Å². The van der Waals surface area contributed by atoms with Gasteiger partial charge in [0.25, 0.3) is 0 Å². The number of hydrogen-bond donors (Lipinski definition) is 1. The highest BCUT2D eigenvalue weighted by Gasteiger charge is 2.25. The minimum Gasteiger partial charge on any atom is -0.481 e. The topological polar surface area (TPSA) is 79.5 Å². The van der Waals surface area contributed by atoms with Gasteiger partial charge < -0.3 is 14.5 Å². The van der Waals surface area contributed by atoms with Crippen molar-refractivity contribution >= 4 is 16.7 Å². The zero-order valence-corrected chi connectivity index (χ0v) is 15.2. The van der Waals surface area contributed by atoms with Gasteiger partial charge in [0, 0.05) is 17.9 Å². The van der Waals surface area contributed by atoms with E-state index in [4.69, 9.17) is 9.63 Å². The standard InChI is InChI=1S/C21H23N3O3/c25-19(26)6-3-11-24-12-9-16(10-13-24)21-22-20(23-27-21)18-8-7-15-4-1-2-5-17(15)14-18/h1-2,4-5,7-8,14,16H,3,6,9-13H2,(H,25,26). The third-order valence-corrected chi connectivity index (χ3v) is 5.25. The number of hydrogen-bond acceptors (Lipinski definition) is 5. The zero-order chi connectivity index (χ0) is 18.6. The summed E-state index contributed by atoms with van der Waals surface area (Å²) in [7, 11) is 0. The van der Waals surface area contributed by atoms with Gasteiger partial charge in [-0.1, -0.05) is 41.6 Å². The molecule has 3 aromatic rings. The minimum absolute atomic E-state index is 0.235. The second-order valence-corrected chi connectivity index (χ2v) is 7.13. The van der Waals surface area contributed by atoms with Gasteiger partial charge in [-0.05, 0) is 55.7 Å². The molecule has 0 unspecified atom stereocenters. The van der Waals surface area contributed by atoms with Crippen LogP contribution in [0.15, 0.2) is 47.0 Å². The van der Waals surface area contributed by atoms with Gasteiger partial charge >= 0.3 is 5.97 Å². The van der Waals surface area contributed by atoms with Gasteiger partial charge in [0.1, 0.15) is 0 Å². The second-order valence-electron chi connectivity index (χ2n) is 7.13. The highest BCUT2D eigenvalue weighted by molar-refractivity contribution is 5.86. The van der Waals surface area contributed by atoms with Crippen molar-refractivity contribution in [1.82, 2.24) is 15.0 Å². The van der Waals surface area contributed by atoms with E-state index in [0.29, 0.717) is 18.1 Å². The van der Waals surface area contributed by atoms with Gasteiger partial charge in [0.2, 0.25) is 11.7 Å². The number of fused-ring (bicyclic) bond motifs is 1. The fourth-order valence-electron chi connectivity index (χ4n) is 3.70. The number of aliphatic carboxylic acids is 1. The lowest BCUT2D eigenvalue weighted by Gasteiger charge is -2.30. The molecule has 27 heavy (non-hydrogen) atoms. The van der Waals surface area contributed by atoms with Crippen LogP contribution in [0.25, 0.3) is 22.2 Å². The molecule has 6 heteroatoms. The quantitative estimate of drug-likeness (QED) is 0.713. The first-order valence-electron chi connectivity index (χ1n) is 9.46. The summed E-state index contributed by atoms with van der Waals surface area (Å²) in [5.74, 6) is 0.905. The summed E-state index contributed by atoms with van der Waals surface area (Å²) in [6.07, 6.45) is 2.87. The van der Waals surface area contributed by atoms with Gasteiger partial charge in [0.15, 0.2) is 0 Å². The number of benzene rings is 2. The smallest absolute Gasteiger partial charge is 0.303 e. The third kappa shape index (κ3) is 4.17. The maximum Gasteiger partial charge on any atom is 0.303 e. The van der Waals surface area contributed by atoms with Crippen LogP contribution in [0.4, 0.5) is 0 Å². The third-order valence-electron chi connectivity index (χ3n) is 5.25. The Morgan fingerprint density at radius 3 is 2.70 bits per heavy atom. The molecule has 1 fully saturated rings. The van der Waals surface area contributed by atoms with Crippen molar-refractivity contribution in [3.05, 3.63) is 48.4 Å². The first kappa shape index (κ1) is 17.7. The molecule has 0 amide bonds. The lowest BCUT2D eigenvalue weighted by molar-refractivity contribution is -0.137. The van der Waals surface area contributed by atoms with E-state index in [2.05, 4.69) is 39.3 Å². The summed E-state index contributed by atoms with van der Waals surface area (Å²) in [5, 5.41) is 15.3. The number of piperidine rings is 1. The Morgan fingerprint density at radius 2 is 1.93 bits per heavy atom. The van der Waals surface area contributed by atoms with E-state index in [0.717, 1.165) is 43.4 Å². The maximum atomic E-state index is 10.6. The molecule has 140 valence electrons. The van der Waals surface area contributed by atoms with Crippen molar-refractivity contribution in [2.24, 2.45) is 0 Å². The van der Waals surface area contributed by atoms with Crippen LogP contribution < -0.4 is 0 Å². The SMILES string of the molecule is O=C(O)CCCN1CCC(c2nc(-c3ccc4ccccc4c3)no2)CC1. The summed E-state index contributed by atoms with van der Waals surface area (Å²) in [5.41, 5.74) is 0.967. The van der Waals surface area contributed by atoms with Gasteiger partial charge in [-0.25, -0.2) is 0 Å². The molecule has 0 atom stereocenters. The number of carbonyl (C=O) groups is 1. The molecular weight excluding hydrogens is 342 g/mol. The number of carboxylic acid groups (broad SMARTS) is 1. The van der Waals surface area contributed by atoms with Crippen molar-refractivity contribution in [2.45, 2.75) is 31.6 Å². The fraction of sp³-hybridized carbons (Fsp3) is 0.381. The molecule has 2 heterocycles. The number of rotatable bonds is 6. The lowest BCUT2D eigenvalue weighted by Crippen LogP contribution is -2.34. The average Bonchev–Trinajstić information content (AvgIpc) is 3.18. The Morgan fingerprint density at radius 1 is 1.15 bits per heavy atom. The van der Waals surface area contributed by atoms with Crippen molar-refractivity contribution in [2.75, 3.05) is 19.6 Å².